The molecule has 0 spiro atoms. The minimum atomic E-state index is 0. The largest absolute Gasteiger partial charge is 0.508 e. The zero-order valence-electron chi connectivity index (χ0n) is 17.1. The van der Waals surface area contributed by atoms with Gasteiger partial charge in [0.15, 0.2) is 0 Å². The molecule has 2 N–H and O–H groups in total. The Morgan fingerprint density at radius 1 is 1.17 bits per heavy atom. The minimum absolute atomic E-state index is 0. The van der Waals surface area contributed by atoms with Crippen molar-refractivity contribution in [3.05, 3.63) is 58.1 Å². The van der Waals surface area contributed by atoms with Gasteiger partial charge in [-0.2, -0.15) is 0 Å². The lowest BCUT2D eigenvalue weighted by Crippen LogP contribution is -2.25. The van der Waals surface area contributed by atoms with Gasteiger partial charge < -0.3 is 15.3 Å². The van der Waals surface area contributed by atoms with Crippen molar-refractivity contribution in [2.75, 3.05) is 24.5 Å². The summed E-state index contributed by atoms with van der Waals surface area (Å²) in [6.45, 7) is 3.37. The quantitative estimate of drug-likeness (QED) is 0.564. The number of benzene rings is 2. The van der Waals surface area contributed by atoms with Gasteiger partial charge in [0.25, 0.3) is 0 Å². The lowest BCUT2D eigenvalue weighted by atomic mass is 10.0. The number of rotatable bonds is 9. The van der Waals surface area contributed by atoms with Crippen molar-refractivity contribution in [2.45, 2.75) is 39.0 Å². The highest BCUT2D eigenvalue weighted by atomic mass is 35.5. The molecule has 0 atom stereocenters. The summed E-state index contributed by atoms with van der Waals surface area (Å²) in [5.41, 5.74) is 4.41. The third kappa shape index (κ3) is 6.46. The normalized spacial score (nSPS) is 12.4. The van der Waals surface area contributed by atoms with Crippen LogP contribution >= 0.6 is 24.0 Å². The number of carbonyl (C=O) groups is 2. The van der Waals surface area contributed by atoms with Gasteiger partial charge in [0.1, 0.15) is 11.5 Å². The van der Waals surface area contributed by atoms with Crippen molar-refractivity contribution < 1.29 is 14.7 Å². The molecule has 0 fully saturated rings. The number of anilines is 1. The number of fused-ring (bicyclic) bond motifs is 1. The summed E-state index contributed by atoms with van der Waals surface area (Å²) in [5, 5.41) is 13.1. The summed E-state index contributed by atoms with van der Waals surface area (Å²) >= 11 is 6.08. The van der Waals surface area contributed by atoms with E-state index in [1.54, 1.807) is 19.1 Å². The molecule has 7 heteroatoms. The molecule has 0 unspecified atom stereocenters. The Labute approximate surface area is 188 Å². The lowest BCUT2D eigenvalue weighted by Gasteiger charge is -2.14. The highest BCUT2D eigenvalue weighted by molar-refractivity contribution is 6.31. The fraction of sp³-hybridized carbons (Fsp3) is 0.391. The molecule has 0 bridgehead atoms. The Morgan fingerprint density at radius 3 is 2.70 bits per heavy atom. The van der Waals surface area contributed by atoms with Crippen molar-refractivity contribution in [3.63, 3.8) is 0 Å². The Kier molecular flexibility index (Phi) is 9.15. The summed E-state index contributed by atoms with van der Waals surface area (Å²) < 4.78 is 0. The molecular weight excluding hydrogens is 423 g/mol. The zero-order chi connectivity index (χ0) is 20.8. The van der Waals surface area contributed by atoms with Crippen molar-refractivity contribution in [1.29, 1.82) is 0 Å². The monoisotopic (exact) mass is 450 g/mol. The first-order valence-electron chi connectivity index (χ1n) is 10.0. The second kappa shape index (κ2) is 11.3. The van der Waals surface area contributed by atoms with Gasteiger partial charge in [0.2, 0.25) is 5.91 Å². The van der Waals surface area contributed by atoms with E-state index in [4.69, 9.17) is 11.6 Å². The van der Waals surface area contributed by atoms with E-state index in [2.05, 4.69) is 17.4 Å². The summed E-state index contributed by atoms with van der Waals surface area (Å²) in [4.78, 5) is 25.5. The first-order valence-corrected chi connectivity index (χ1v) is 10.4. The molecule has 1 heterocycles. The number of phenolic OH excluding ortho intramolecular Hbond substituents is 1. The number of aryl methyl sites for hydroxylation is 1. The number of halogens is 2. The lowest BCUT2D eigenvalue weighted by molar-refractivity contribution is -0.118. The van der Waals surface area contributed by atoms with Crippen LogP contribution in [-0.4, -0.2) is 36.4 Å². The third-order valence-electron chi connectivity index (χ3n) is 5.27. The van der Waals surface area contributed by atoms with Crippen LogP contribution in [0.5, 0.6) is 5.75 Å². The number of ketones is 1. The van der Waals surface area contributed by atoms with Crippen LogP contribution < -0.4 is 10.2 Å². The van der Waals surface area contributed by atoms with Crippen molar-refractivity contribution in [1.82, 2.24) is 5.32 Å². The van der Waals surface area contributed by atoms with E-state index in [1.807, 2.05) is 11.0 Å². The molecule has 2 aromatic carbocycles. The smallest absolute Gasteiger partial charge is 0.223 e. The molecule has 1 amide bonds. The summed E-state index contributed by atoms with van der Waals surface area (Å²) in [6, 6.07) is 11.2. The molecule has 3 rings (SSSR count). The second-order valence-corrected chi connectivity index (χ2v) is 7.89. The molecule has 0 saturated carbocycles. The second-order valence-electron chi connectivity index (χ2n) is 7.48. The SMILES string of the molecule is CC(=O)N1CCc2cc(CCCC(=O)CNCCc3ccc(O)cc3Cl)ccc21.Cl. The van der Waals surface area contributed by atoms with Crippen LogP contribution in [0.25, 0.3) is 0 Å². The van der Waals surface area contributed by atoms with E-state index >= 15 is 0 Å². The van der Waals surface area contributed by atoms with E-state index in [0.29, 0.717) is 31.0 Å². The van der Waals surface area contributed by atoms with Gasteiger partial charge in [0.05, 0.1) is 6.54 Å². The summed E-state index contributed by atoms with van der Waals surface area (Å²) in [7, 11) is 0. The number of phenols is 1. The molecule has 162 valence electrons. The molecular formula is C23H28Cl2N2O3. The standard InChI is InChI=1S/C23H27ClN2O3.ClH/c1-16(27)26-12-10-19-13-17(5-8-23(19)26)3-2-4-21(29)15-25-11-9-18-6-7-20(28)14-22(18)24;/h5-8,13-14,25,28H,2-4,9-12,15H2,1H3;1H. The first kappa shape index (κ1) is 24.2. The van der Waals surface area contributed by atoms with Gasteiger partial charge in [0, 0.05) is 30.6 Å². The van der Waals surface area contributed by atoms with Gasteiger partial charge in [-0.3, -0.25) is 9.59 Å². The molecule has 1 aliphatic heterocycles. The average molecular weight is 451 g/mol. The van der Waals surface area contributed by atoms with Crippen molar-refractivity contribution >= 4 is 41.4 Å². The van der Waals surface area contributed by atoms with Crippen LogP contribution in [0.15, 0.2) is 36.4 Å². The Bertz CT molecular complexity index is 902. The fourth-order valence-electron chi connectivity index (χ4n) is 3.71. The number of aromatic hydroxyl groups is 1. The molecule has 0 radical (unpaired) electrons. The van der Waals surface area contributed by atoms with E-state index in [1.165, 1.54) is 17.2 Å². The maximum atomic E-state index is 12.1. The molecule has 0 aliphatic carbocycles. The number of nitrogens with one attached hydrogen (secondary N) is 1. The topological polar surface area (TPSA) is 69.6 Å². The molecule has 0 saturated heterocycles. The predicted octanol–water partition coefficient (Wildman–Crippen LogP) is 4.10. The van der Waals surface area contributed by atoms with E-state index < -0.39 is 0 Å². The fourth-order valence-corrected chi connectivity index (χ4v) is 3.97. The van der Waals surface area contributed by atoms with Gasteiger partial charge in [-0.05, 0) is 67.1 Å². The third-order valence-corrected chi connectivity index (χ3v) is 5.62. The summed E-state index contributed by atoms with van der Waals surface area (Å²) in [6.07, 6.45) is 3.83. The molecule has 30 heavy (non-hydrogen) atoms. The summed E-state index contributed by atoms with van der Waals surface area (Å²) in [5.74, 6) is 0.439. The molecule has 2 aromatic rings. The average Bonchev–Trinajstić information content (AvgIpc) is 3.10. The molecule has 1 aliphatic rings. The van der Waals surface area contributed by atoms with E-state index in [0.717, 1.165) is 37.1 Å². The van der Waals surface area contributed by atoms with Crippen LogP contribution in [0.3, 0.4) is 0 Å². The van der Waals surface area contributed by atoms with Crippen molar-refractivity contribution in [3.8, 4) is 5.75 Å². The number of nitrogens with zero attached hydrogens (tertiary/aromatic N) is 1. The van der Waals surface area contributed by atoms with Crippen LogP contribution in [-0.2, 0) is 28.9 Å². The van der Waals surface area contributed by atoms with Crippen LogP contribution in [0.1, 0.15) is 36.5 Å². The van der Waals surface area contributed by atoms with Crippen LogP contribution in [0.4, 0.5) is 5.69 Å². The Morgan fingerprint density at radius 2 is 1.97 bits per heavy atom. The predicted molar refractivity (Wildman–Crippen MR) is 123 cm³/mol. The number of amides is 1. The highest BCUT2D eigenvalue weighted by Crippen LogP contribution is 2.29. The molecule has 5 nitrogen and oxygen atoms in total. The number of hydrogen-bond acceptors (Lipinski definition) is 4. The highest BCUT2D eigenvalue weighted by Gasteiger charge is 2.21. The van der Waals surface area contributed by atoms with Gasteiger partial charge in [-0.25, -0.2) is 0 Å². The van der Waals surface area contributed by atoms with Gasteiger partial charge in [-0.15, -0.1) is 12.4 Å². The van der Waals surface area contributed by atoms with Crippen molar-refractivity contribution in [2.24, 2.45) is 0 Å². The zero-order valence-corrected chi connectivity index (χ0v) is 18.7. The van der Waals surface area contributed by atoms with Crippen LogP contribution in [0.2, 0.25) is 5.02 Å². The number of Topliss-reactive ketones (excluding diaryl/α,β-unsaturated/α-hetero) is 1. The van der Waals surface area contributed by atoms with Crippen LogP contribution in [0, 0.1) is 0 Å². The number of carbonyl (C=O) groups excluding carboxylic acids is 2. The van der Waals surface area contributed by atoms with E-state index in [-0.39, 0.29) is 29.8 Å². The Balaban J connectivity index is 0.00000320. The Hall–Kier alpha value is -2.08. The number of hydrogen-bond donors (Lipinski definition) is 2. The molecule has 0 aromatic heterocycles. The minimum Gasteiger partial charge on any atom is -0.508 e. The van der Waals surface area contributed by atoms with Gasteiger partial charge >= 0.3 is 0 Å². The maximum absolute atomic E-state index is 12.1. The maximum Gasteiger partial charge on any atom is 0.223 e. The first-order chi connectivity index (χ1) is 13.9. The van der Waals surface area contributed by atoms with E-state index in [9.17, 15) is 14.7 Å². The van der Waals surface area contributed by atoms with Gasteiger partial charge in [-0.1, -0.05) is 29.8 Å².